The molecular formula is C22H29N7O2. The molecule has 0 amide bonds. The van der Waals surface area contributed by atoms with Crippen LogP contribution in [0.25, 0.3) is 22.6 Å². The SMILES string of the molecule is CN(C)CCCNc1ccc(-c2nnc3c(n2)c(=O)n(C)c(=O)n3C2CCCC2)cc1. The largest absolute Gasteiger partial charge is 0.385 e. The zero-order valence-electron chi connectivity index (χ0n) is 18.3. The Bertz CT molecular complexity index is 1180. The molecule has 1 aromatic carbocycles. The first-order valence-electron chi connectivity index (χ1n) is 10.8. The maximum absolute atomic E-state index is 12.8. The van der Waals surface area contributed by atoms with Crippen LogP contribution in [0, 0.1) is 0 Å². The zero-order chi connectivity index (χ0) is 22.0. The molecule has 0 bridgehead atoms. The molecule has 9 nitrogen and oxygen atoms in total. The minimum absolute atomic E-state index is 0.0432. The van der Waals surface area contributed by atoms with Crippen LogP contribution in [0.15, 0.2) is 33.9 Å². The highest BCUT2D eigenvalue weighted by Crippen LogP contribution is 2.29. The molecule has 164 valence electrons. The van der Waals surface area contributed by atoms with E-state index >= 15 is 0 Å². The van der Waals surface area contributed by atoms with Gasteiger partial charge in [-0.15, -0.1) is 10.2 Å². The van der Waals surface area contributed by atoms with Crippen LogP contribution in [0.3, 0.4) is 0 Å². The predicted octanol–water partition coefficient (Wildman–Crippen LogP) is 2.03. The third-order valence-electron chi connectivity index (χ3n) is 5.84. The van der Waals surface area contributed by atoms with Gasteiger partial charge in [0.25, 0.3) is 5.56 Å². The lowest BCUT2D eigenvalue weighted by Crippen LogP contribution is -2.40. The minimum atomic E-state index is -0.440. The lowest BCUT2D eigenvalue weighted by Gasteiger charge is -2.16. The highest BCUT2D eigenvalue weighted by atomic mass is 16.2. The normalized spacial score (nSPS) is 14.6. The lowest BCUT2D eigenvalue weighted by atomic mass is 10.2. The van der Waals surface area contributed by atoms with E-state index in [-0.39, 0.29) is 22.9 Å². The Morgan fingerprint density at radius 1 is 1.10 bits per heavy atom. The Morgan fingerprint density at radius 3 is 2.48 bits per heavy atom. The Hall–Kier alpha value is -3.07. The number of nitrogens with one attached hydrogen (secondary N) is 1. The van der Waals surface area contributed by atoms with Crippen LogP contribution in [0.4, 0.5) is 5.69 Å². The molecule has 1 N–H and O–H groups in total. The van der Waals surface area contributed by atoms with E-state index in [1.165, 1.54) is 7.05 Å². The van der Waals surface area contributed by atoms with Gasteiger partial charge in [0.1, 0.15) is 0 Å². The van der Waals surface area contributed by atoms with E-state index in [1.54, 1.807) is 4.57 Å². The Kier molecular flexibility index (Phi) is 6.13. The number of hydrogen-bond acceptors (Lipinski definition) is 7. The maximum atomic E-state index is 12.8. The van der Waals surface area contributed by atoms with Crippen molar-refractivity contribution in [2.24, 2.45) is 7.05 Å². The standard InChI is InChI=1S/C22H29N7O2/c1-27(2)14-6-13-23-16-11-9-15(10-12-16)19-24-18-20(26-25-19)29(17-7-4-5-8-17)22(31)28(3)21(18)30/h9-12,17,23H,4-8,13-14H2,1-3H3. The first-order valence-corrected chi connectivity index (χ1v) is 10.8. The van der Waals surface area contributed by atoms with Crippen molar-refractivity contribution in [3.05, 3.63) is 45.1 Å². The smallest absolute Gasteiger partial charge is 0.332 e. The molecule has 0 aliphatic heterocycles. The van der Waals surface area contributed by atoms with E-state index in [0.29, 0.717) is 5.82 Å². The highest BCUT2D eigenvalue weighted by molar-refractivity contribution is 5.71. The third kappa shape index (κ3) is 4.36. The Labute approximate surface area is 180 Å². The fourth-order valence-corrected chi connectivity index (χ4v) is 4.10. The van der Waals surface area contributed by atoms with Crippen molar-refractivity contribution >= 4 is 16.9 Å². The first kappa shape index (κ1) is 21.2. The van der Waals surface area contributed by atoms with Gasteiger partial charge in [0.15, 0.2) is 17.0 Å². The molecule has 1 fully saturated rings. The third-order valence-corrected chi connectivity index (χ3v) is 5.84. The van der Waals surface area contributed by atoms with Crippen LogP contribution in [0.2, 0.25) is 0 Å². The van der Waals surface area contributed by atoms with Gasteiger partial charge in [-0.05, 0) is 64.2 Å². The topological polar surface area (TPSA) is 97.9 Å². The molecule has 1 saturated carbocycles. The van der Waals surface area contributed by atoms with Gasteiger partial charge in [-0.1, -0.05) is 12.8 Å². The molecule has 9 heteroatoms. The average molecular weight is 424 g/mol. The Balaban J connectivity index is 1.63. The minimum Gasteiger partial charge on any atom is -0.385 e. The van der Waals surface area contributed by atoms with Gasteiger partial charge in [-0.3, -0.25) is 13.9 Å². The van der Waals surface area contributed by atoms with Crippen LogP contribution >= 0.6 is 0 Å². The summed E-state index contributed by atoms with van der Waals surface area (Å²) in [6.07, 6.45) is 4.99. The summed E-state index contributed by atoms with van der Waals surface area (Å²) in [6, 6.07) is 7.80. The molecule has 2 aromatic heterocycles. The first-order chi connectivity index (χ1) is 15.0. The number of nitrogens with zero attached hydrogens (tertiary/aromatic N) is 6. The van der Waals surface area contributed by atoms with Crippen LogP contribution in [0.5, 0.6) is 0 Å². The van der Waals surface area contributed by atoms with Crippen molar-refractivity contribution in [3.63, 3.8) is 0 Å². The summed E-state index contributed by atoms with van der Waals surface area (Å²) in [6.45, 7) is 1.92. The summed E-state index contributed by atoms with van der Waals surface area (Å²) in [5.41, 5.74) is 1.46. The van der Waals surface area contributed by atoms with Gasteiger partial charge < -0.3 is 10.2 Å². The molecule has 1 aliphatic rings. The van der Waals surface area contributed by atoms with Crippen LogP contribution in [-0.4, -0.2) is 56.4 Å². The van der Waals surface area contributed by atoms with Crippen molar-refractivity contribution < 1.29 is 0 Å². The lowest BCUT2D eigenvalue weighted by molar-refractivity contribution is 0.405. The van der Waals surface area contributed by atoms with E-state index in [4.69, 9.17) is 0 Å². The number of hydrogen-bond donors (Lipinski definition) is 1. The molecule has 0 spiro atoms. The maximum Gasteiger partial charge on any atom is 0.332 e. The van der Waals surface area contributed by atoms with E-state index < -0.39 is 5.56 Å². The van der Waals surface area contributed by atoms with Crippen molar-refractivity contribution in [3.8, 4) is 11.4 Å². The predicted molar refractivity (Wildman–Crippen MR) is 121 cm³/mol. The summed E-state index contributed by atoms with van der Waals surface area (Å²) in [4.78, 5) is 32.2. The zero-order valence-corrected chi connectivity index (χ0v) is 18.3. The number of rotatable bonds is 7. The molecule has 0 unspecified atom stereocenters. The second-order valence-electron chi connectivity index (χ2n) is 8.42. The van der Waals surface area contributed by atoms with Crippen molar-refractivity contribution in [1.29, 1.82) is 0 Å². The second-order valence-corrected chi connectivity index (χ2v) is 8.42. The number of anilines is 1. The average Bonchev–Trinajstić information content (AvgIpc) is 3.30. The van der Waals surface area contributed by atoms with E-state index in [2.05, 4.69) is 39.5 Å². The van der Waals surface area contributed by atoms with Crippen LogP contribution in [0.1, 0.15) is 38.1 Å². The summed E-state index contributed by atoms with van der Waals surface area (Å²) < 4.78 is 2.73. The molecule has 3 aromatic rings. The fourth-order valence-electron chi connectivity index (χ4n) is 4.10. The van der Waals surface area contributed by atoms with Gasteiger partial charge in [0.05, 0.1) is 0 Å². The summed E-state index contributed by atoms with van der Waals surface area (Å²) in [7, 11) is 5.62. The molecule has 2 heterocycles. The second kappa shape index (κ2) is 8.97. The molecule has 4 rings (SSSR count). The molecule has 1 aliphatic carbocycles. The van der Waals surface area contributed by atoms with Crippen molar-refractivity contribution in [2.45, 2.75) is 38.1 Å². The highest BCUT2D eigenvalue weighted by Gasteiger charge is 2.24. The molecule has 0 radical (unpaired) electrons. The number of fused-ring (bicyclic) bond motifs is 1. The quantitative estimate of drug-likeness (QED) is 0.581. The van der Waals surface area contributed by atoms with Gasteiger partial charge in [0, 0.05) is 30.9 Å². The Morgan fingerprint density at radius 2 is 1.81 bits per heavy atom. The monoisotopic (exact) mass is 423 g/mol. The molecular weight excluding hydrogens is 394 g/mol. The van der Waals surface area contributed by atoms with Crippen molar-refractivity contribution in [1.82, 2.24) is 29.2 Å². The van der Waals surface area contributed by atoms with Gasteiger partial charge in [0.2, 0.25) is 0 Å². The summed E-state index contributed by atoms with van der Waals surface area (Å²) >= 11 is 0. The number of aromatic nitrogens is 5. The van der Waals surface area contributed by atoms with Crippen LogP contribution < -0.4 is 16.6 Å². The number of benzene rings is 1. The van der Waals surface area contributed by atoms with Gasteiger partial charge in [-0.2, -0.15) is 0 Å². The molecule has 0 atom stereocenters. The van der Waals surface area contributed by atoms with Gasteiger partial charge in [-0.25, -0.2) is 9.78 Å². The van der Waals surface area contributed by atoms with E-state index in [9.17, 15) is 9.59 Å². The molecule has 0 saturated heterocycles. The summed E-state index contributed by atoms with van der Waals surface area (Å²) in [5.74, 6) is 0.375. The van der Waals surface area contributed by atoms with Gasteiger partial charge >= 0.3 is 5.69 Å². The fraction of sp³-hybridized carbons (Fsp3) is 0.500. The molecule has 31 heavy (non-hydrogen) atoms. The van der Waals surface area contributed by atoms with E-state index in [0.717, 1.165) is 61.0 Å². The van der Waals surface area contributed by atoms with E-state index in [1.807, 2.05) is 24.3 Å². The van der Waals surface area contributed by atoms with Crippen molar-refractivity contribution in [2.75, 3.05) is 32.5 Å². The summed E-state index contributed by atoms with van der Waals surface area (Å²) in [5, 5.41) is 11.9. The van der Waals surface area contributed by atoms with Crippen LogP contribution in [-0.2, 0) is 7.05 Å².